The van der Waals surface area contributed by atoms with Gasteiger partial charge in [-0.25, -0.2) is 0 Å². The first kappa shape index (κ1) is 21.4. The molecule has 1 aromatic carbocycles. The lowest BCUT2D eigenvalue weighted by molar-refractivity contribution is -0.123. The van der Waals surface area contributed by atoms with E-state index >= 15 is 0 Å². The summed E-state index contributed by atoms with van der Waals surface area (Å²) in [4.78, 5) is 29.2. The number of amides is 2. The highest BCUT2D eigenvalue weighted by molar-refractivity contribution is 5.95. The van der Waals surface area contributed by atoms with E-state index in [-0.39, 0.29) is 24.5 Å². The van der Waals surface area contributed by atoms with Crippen molar-refractivity contribution in [2.75, 3.05) is 39.9 Å². The summed E-state index contributed by atoms with van der Waals surface area (Å²) in [7, 11) is 1.53. The van der Waals surface area contributed by atoms with Crippen LogP contribution in [0.2, 0.25) is 0 Å². The lowest BCUT2D eigenvalue weighted by atomic mass is 10.0. The van der Waals surface area contributed by atoms with Crippen molar-refractivity contribution in [3.63, 3.8) is 0 Å². The summed E-state index contributed by atoms with van der Waals surface area (Å²) in [5, 5.41) is 2.78. The first-order chi connectivity index (χ1) is 14.0. The smallest absolute Gasteiger partial charge is 0.258 e. The molecular formula is C22H33N3O4. The average Bonchev–Trinajstić information content (AvgIpc) is 3.26. The third kappa shape index (κ3) is 5.63. The lowest BCUT2D eigenvalue weighted by Gasteiger charge is -2.36. The number of carbonyl (C=O) groups excluding carboxylic acids is 2. The van der Waals surface area contributed by atoms with Crippen LogP contribution in [0.5, 0.6) is 11.5 Å². The Bertz CT molecular complexity index is 708. The van der Waals surface area contributed by atoms with Gasteiger partial charge in [-0.15, -0.1) is 0 Å². The van der Waals surface area contributed by atoms with Crippen LogP contribution >= 0.6 is 0 Å². The molecule has 0 radical (unpaired) electrons. The van der Waals surface area contributed by atoms with Gasteiger partial charge < -0.3 is 24.6 Å². The van der Waals surface area contributed by atoms with Gasteiger partial charge in [0, 0.05) is 30.7 Å². The molecule has 0 aromatic heterocycles. The number of likely N-dealkylation sites (tertiary alicyclic amines) is 2. The van der Waals surface area contributed by atoms with E-state index < -0.39 is 0 Å². The van der Waals surface area contributed by atoms with E-state index in [0.717, 1.165) is 25.9 Å². The van der Waals surface area contributed by atoms with Crippen molar-refractivity contribution in [2.45, 2.75) is 51.6 Å². The Morgan fingerprint density at radius 3 is 2.41 bits per heavy atom. The number of piperidine rings is 1. The van der Waals surface area contributed by atoms with Crippen LogP contribution in [0.15, 0.2) is 18.2 Å². The monoisotopic (exact) mass is 403 g/mol. The number of carbonyl (C=O) groups is 2. The Morgan fingerprint density at radius 2 is 1.79 bits per heavy atom. The highest BCUT2D eigenvalue weighted by atomic mass is 16.5. The standard InChI is InChI=1S/C22H33N3O4/c1-16(2)23-21(26)15-29-19-7-6-17(14-20(19)28-3)22(27)25-12-8-18(9-13-25)24-10-4-5-11-24/h6-7,14,16,18H,4-5,8-13,15H2,1-3H3,(H,23,26). The molecule has 3 rings (SSSR count). The van der Waals surface area contributed by atoms with Gasteiger partial charge in [-0.05, 0) is 70.8 Å². The molecule has 2 heterocycles. The van der Waals surface area contributed by atoms with E-state index in [1.54, 1.807) is 18.2 Å². The SMILES string of the molecule is COc1cc(C(=O)N2CCC(N3CCCC3)CC2)ccc1OCC(=O)NC(C)C. The molecule has 29 heavy (non-hydrogen) atoms. The van der Waals surface area contributed by atoms with E-state index in [4.69, 9.17) is 9.47 Å². The zero-order chi connectivity index (χ0) is 20.8. The Balaban J connectivity index is 1.57. The molecule has 0 atom stereocenters. The van der Waals surface area contributed by atoms with E-state index in [0.29, 0.717) is 23.1 Å². The maximum atomic E-state index is 12.9. The van der Waals surface area contributed by atoms with E-state index in [2.05, 4.69) is 10.2 Å². The van der Waals surface area contributed by atoms with Crippen molar-refractivity contribution in [2.24, 2.45) is 0 Å². The molecule has 7 heteroatoms. The maximum Gasteiger partial charge on any atom is 0.258 e. The molecule has 0 bridgehead atoms. The summed E-state index contributed by atoms with van der Waals surface area (Å²) >= 11 is 0. The third-order valence-electron chi connectivity index (χ3n) is 5.63. The summed E-state index contributed by atoms with van der Waals surface area (Å²) in [5.74, 6) is 0.742. The van der Waals surface area contributed by atoms with Crippen molar-refractivity contribution < 1.29 is 19.1 Å². The molecule has 2 aliphatic rings. The van der Waals surface area contributed by atoms with Crippen LogP contribution in [0.4, 0.5) is 0 Å². The van der Waals surface area contributed by atoms with Crippen molar-refractivity contribution >= 4 is 11.8 Å². The first-order valence-corrected chi connectivity index (χ1v) is 10.6. The summed E-state index contributed by atoms with van der Waals surface area (Å²) in [6, 6.07) is 5.81. The fraction of sp³-hybridized carbons (Fsp3) is 0.636. The van der Waals surface area contributed by atoms with Crippen LogP contribution in [-0.2, 0) is 4.79 Å². The number of nitrogens with zero attached hydrogens (tertiary/aromatic N) is 2. The molecule has 0 saturated carbocycles. The van der Waals surface area contributed by atoms with Gasteiger partial charge in [0.25, 0.3) is 11.8 Å². The number of ether oxygens (including phenoxy) is 2. The van der Waals surface area contributed by atoms with Gasteiger partial charge in [0.15, 0.2) is 18.1 Å². The predicted octanol–water partition coefficient (Wildman–Crippen LogP) is 2.30. The topological polar surface area (TPSA) is 71.1 Å². The number of hydrogen-bond donors (Lipinski definition) is 1. The van der Waals surface area contributed by atoms with Crippen molar-refractivity contribution in [1.29, 1.82) is 0 Å². The quantitative estimate of drug-likeness (QED) is 0.756. The normalized spacial score (nSPS) is 18.1. The second-order valence-corrected chi connectivity index (χ2v) is 8.14. The average molecular weight is 404 g/mol. The van der Waals surface area contributed by atoms with Crippen molar-refractivity contribution in [1.82, 2.24) is 15.1 Å². The number of hydrogen-bond acceptors (Lipinski definition) is 5. The molecule has 1 N–H and O–H groups in total. The predicted molar refractivity (Wildman–Crippen MR) is 112 cm³/mol. The van der Waals surface area contributed by atoms with Gasteiger partial charge in [-0.2, -0.15) is 0 Å². The molecule has 2 aliphatic heterocycles. The maximum absolute atomic E-state index is 12.9. The van der Waals surface area contributed by atoms with Gasteiger partial charge in [-0.1, -0.05) is 0 Å². The number of nitrogens with one attached hydrogen (secondary N) is 1. The van der Waals surface area contributed by atoms with Gasteiger partial charge in [-0.3, -0.25) is 9.59 Å². The number of rotatable bonds is 7. The summed E-state index contributed by atoms with van der Waals surface area (Å²) < 4.78 is 11.0. The minimum atomic E-state index is -0.192. The van der Waals surface area contributed by atoms with E-state index in [1.165, 1.54) is 33.0 Å². The van der Waals surface area contributed by atoms with Crippen molar-refractivity contribution in [3.05, 3.63) is 23.8 Å². The van der Waals surface area contributed by atoms with Crippen LogP contribution in [0, 0.1) is 0 Å². The Hall–Kier alpha value is -2.28. The molecule has 2 amide bonds. The van der Waals surface area contributed by atoms with Gasteiger partial charge in [0.05, 0.1) is 7.11 Å². The zero-order valence-corrected chi connectivity index (χ0v) is 17.8. The zero-order valence-electron chi connectivity index (χ0n) is 17.8. The van der Waals surface area contributed by atoms with Crippen LogP contribution in [0.1, 0.15) is 49.9 Å². The molecule has 2 fully saturated rings. The molecule has 0 aliphatic carbocycles. The second-order valence-electron chi connectivity index (χ2n) is 8.14. The number of methoxy groups -OCH3 is 1. The molecule has 0 unspecified atom stereocenters. The minimum Gasteiger partial charge on any atom is -0.493 e. The van der Waals surface area contributed by atoms with E-state index in [9.17, 15) is 9.59 Å². The first-order valence-electron chi connectivity index (χ1n) is 10.6. The highest BCUT2D eigenvalue weighted by Crippen LogP contribution is 2.29. The molecule has 160 valence electrons. The molecular weight excluding hydrogens is 370 g/mol. The Morgan fingerprint density at radius 1 is 1.10 bits per heavy atom. The van der Waals surface area contributed by atoms with Crippen LogP contribution < -0.4 is 14.8 Å². The van der Waals surface area contributed by atoms with Crippen molar-refractivity contribution in [3.8, 4) is 11.5 Å². The minimum absolute atomic E-state index is 0.0206. The lowest BCUT2D eigenvalue weighted by Crippen LogP contribution is -2.45. The Kier molecular flexibility index (Phi) is 7.36. The fourth-order valence-corrected chi connectivity index (χ4v) is 4.15. The second kappa shape index (κ2) is 9.96. The van der Waals surface area contributed by atoms with Gasteiger partial charge in [0.2, 0.25) is 0 Å². The Labute approximate surface area is 173 Å². The van der Waals surface area contributed by atoms with Crippen LogP contribution in [-0.4, -0.2) is 73.6 Å². The van der Waals surface area contributed by atoms with Gasteiger partial charge in [0.1, 0.15) is 0 Å². The summed E-state index contributed by atoms with van der Waals surface area (Å²) in [6.45, 7) is 7.68. The number of benzene rings is 1. The fourth-order valence-electron chi connectivity index (χ4n) is 4.15. The summed E-state index contributed by atoms with van der Waals surface area (Å²) in [6.07, 6.45) is 4.67. The largest absolute Gasteiger partial charge is 0.493 e. The third-order valence-corrected chi connectivity index (χ3v) is 5.63. The van der Waals surface area contributed by atoms with Crippen LogP contribution in [0.25, 0.3) is 0 Å². The van der Waals surface area contributed by atoms with Gasteiger partial charge >= 0.3 is 0 Å². The molecule has 0 spiro atoms. The summed E-state index contributed by atoms with van der Waals surface area (Å²) in [5.41, 5.74) is 0.584. The highest BCUT2D eigenvalue weighted by Gasteiger charge is 2.29. The molecule has 7 nitrogen and oxygen atoms in total. The van der Waals surface area contributed by atoms with Crippen LogP contribution in [0.3, 0.4) is 0 Å². The molecule has 1 aromatic rings. The molecule has 2 saturated heterocycles. The van der Waals surface area contributed by atoms with E-state index in [1.807, 2.05) is 18.7 Å².